The van der Waals surface area contributed by atoms with Crippen molar-refractivity contribution < 1.29 is 4.39 Å². The lowest BCUT2D eigenvalue weighted by Crippen LogP contribution is -2.46. The highest BCUT2D eigenvalue weighted by Gasteiger charge is 2.21. The molecule has 2 heterocycles. The minimum absolute atomic E-state index is 0.140. The second-order valence-corrected chi connectivity index (χ2v) is 6.70. The summed E-state index contributed by atoms with van der Waals surface area (Å²) in [5.41, 5.74) is 4.14. The quantitative estimate of drug-likeness (QED) is 0.905. The molecule has 1 fully saturated rings. The van der Waals surface area contributed by atoms with Crippen molar-refractivity contribution in [3.05, 3.63) is 45.4 Å². The Morgan fingerprint density at radius 2 is 1.95 bits per heavy atom. The van der Waals surface area contributed by atoms with Gasteiger partial charge in [0.1, 0.15) is 5.82 Å². The number of hydrogen-bond acceptors (Lipinski definition) is 3. The first kappa shape index (κ1) is 15.5. The Kier molecular flexibility index (Phi) is 4.49. The van der Waals surface area contributed by atoms with Crippen LogP contribution in [-0.2, 0) is 6.54 Å². The molecule has 22 heavy (non-hydrogen) atoms. The first-order valence-electron chi connectivity index (χ1n) is 7.47. The van der Waals surface area contributed by atoms with Gasteiger partial charge in [0, 0.05) is 42.8 Å². The number of anilines is 1. The van der Waals surface area contributed by atoms with E-state index in [9.17, 15) is 4.39 Å². The molecule has 0 bridgehead atoms. The highest BCUT2D eigenvalue weighted by molar-refractivity contribution is 9.10. The van der Waals surface area contributed by atoms with Gasteiger partial charge in [0.15, 0.2) is 0 Å². The van der Waals surface area contributed by atoms with Crippen molar-refractivity contribution in [2.75, 3.05) is 31.1 Å². The zero-order chi connectivity index (χ0) is 15.7. The molecule has 1 aliphatic heterocycles. The highest BCUT2D eigenvalue weighted by Crippen LogP contribution is 2.24. The van der Waals surface area contributed by atoms with E-state index >= 15 is 0 Å². The minimum atomic E-state index is -0.140. The number of benzene rings is 1. The van der Waals surface area contributed by atoms with E-state index < -0.39 is 0 Å². The van der Waals surface area contributed by atoms with E-state index in [-0.39, 0.29) is 5.82 Å². The van der Waals surface area contributed by atoms with Crippen molar-refractivity contribution in [1.82, 2.24) is 15.1 Å². The van der Waals surface area contributed by atoms with E-state index in [1.54, 1.807) is 0 Å². The lowest BCUT2D eigenvalue weighted by molar-refractivity contribution is 0.246. The zero-order valence-corrected chi connectivity index (χ0v) is 14.5. The maximum Gasteiger partial charge on any atom is 0.128 e. The number of nitrogens with one attached hydrogen (secondary N) is 1. The fourth-order valence-corrected chi connectivity index (χ4v) is 3.36. The number of piperazine rings is 1. The molecule has 6 heteroatoms. The van der Waals surface area contributed by atoms with Crippen LogP contribution in [0.3, 0.4) is 0 Å². The average molecular weight is 367 g/mol. The predicted octanol–water partition coefficient (Wildman–Crippen LogP) is 3.25. The second-order valence-electron chi connectivity index (χ2n) is 5.78. The van der Waals surface area contributed by atoms with E-state index in [1.165, 1.54) is 11.8 Å². The average Bonchev–Trinajstić information content (AvgIpc) is 2.82. The molecule has 0 atom stereocenters. The van der Waals surface area contributed by atoms with Crippen molar-refractivity contribution in [2.24, 2.45) is 0 Å². The first-order valence-corrected chi connectivity index (χ1v) is 8.26. The number of aryl methyl sites for hydroxylation is 2. The van der Waals surface area contributed by atoms with Crippen molar-refractivity contribution in [3.8, 4) is 0 Å². The Hall–Kier alpha value is -1.40. The van der Waals surface area contributed by atoms with Gasteiger partial charge in [-0.2, -0.15) is 5.10 Å². The van der Waals surface area contributed by atoms with E-state index in [4.69, 9.17) is 0 Å². The fraction of sp³-hybridized carbons (Fsp3) is 0.438. The number of aromatic amines is 1. The first-order chi connectivity index (χ1) is 10.5. The van der Waals surface area contributed by atoms with E-state index in [0.717, 1.165) is 47.6 Å². The van der Waals surface area contributed by atoms with Gasteiger partial charge in [-0.15, -0.1) is 0 Å². The molecule has 1 aliphatic rings. The zero-order valence-electron chi connectivity index (χ0n) is 12.9. The number of H-pyrrole nitrogens is 1. The highest BCUT2D eigenvalue weighted by atomic mass is 79.9. The van der Waals surface area contributed by atoms with E-state index in [2.05, 4.69) is 42.9 Å². The largest absolute Gasteiger partial charge is 0.366 e. The van der Waals surface area contributed by atoms with Gasteiger partial charge in [0.05, 0.1) is 17.1 Å². The second kappa shape index (κ2) is 6.38. The van der Waals surface area contributed by atoms with Crippen LogP contribution in [0.25, 0.3) is 0 Å². The van der Waals surface area contributed by atoms with Crippen LogP contribution < -0.4 is 4.90 Å². The topological polar surface area (TPSA) is 35.2 Å². The molecule has 4 nitrogen and oxygen atoms in total. The summed E-state index contributed by atoms with van der Waals surface area (Å²) in [7, 11) is 0. The van der Waals surface area contributed by atoms with Crippen LogP contribution in [-0.4, -0.2) is 41.3 Å². The van der Waals surface area contributed by atoms with Gasteiger partial charge in [-0.3, -0.25) is 10.00 Å². The normalized spacial score (nSPS) is 16.3. The van der Waals surface area contributed by atoms with Crippen molar-refractivity contribution in [2.45, 2.75) is 20.4 Å². The maximum atomic E-state index is 13.9. The van der Waals surface area contributed by atoms with Gasteiger partial charge in [0.2, 0.25) is 0 Å². The minimum Gasteiger partial charge on any atom is -0.366 e. The Morgan fingerprint density at radius 1 is 1.23 bits per heavy atom. The van der Waals surface area contributed by atoms with Crippen molar-refractivity contribution in [3.63, 3.8) is 0 Å². The van der Waals surface area contributed by atoms with Crippen LogP contribution in [0.1, 0.15) is 17.0 Å². The molecule has 118 valence electrons. The van der Waals surface area contributed by atoms with Crippen molar-refractivity contribution >= 4 is 21.6 Å². The number of halogens is 2. The molecule has 1 aromatic carbocycles. The predicted molar refractivity (Wildman–Crippen MR) is 89.7 cm³/mol. The molecular weight excluding hydrogens is 347 g/mol. The van der Waals surface area contributed by atoms with Crippen LogP contribution in [0.5, 0.6) is 0 Å². The number of hydrogen-bond donors (Lipinski definition) is 1. The Labute approximate surface area is 138 Å². The molecule has 0 aliphatic carbocycles. The summed E-state index contributed by atoms with van der Waals surface area (Å²) < 4.78 is 14.7. The van der Waals surface area contributed by atoms with Gasteiger partial charge in [-0.25, -0.2) is 4.39 Å². The van der Waals surface area contributed by atoms with Crippen molar-refractivity contribution in [1.29, 1.82) is 0 Å². The lowest BCUT2D eigenvalue weighted by Gasteiger charge is -2.36. The molecule has 1 saturated heterocycles. The van der Waals surface area contributed by atoms with E-state index in [0.29, 0.717) is 6.54 Å². The summed E-state index contributed by atoms with van der Waals surface area (Å²) in [6.45, 7) is 8.50. The molecule has 0 saturated carbocycles. The molecule has 0 unspecified atom stereocenters. The Morgan fingerprint density at radius 3 is 2.55 bits per heavy atom. The van der Waals surface area contributed by atoms with Gasteiger partial charge in [-0.1, -0.05) is 22.0 Å². The van der Waals surface area contributed by atoms with Crippen LogP contribution in [0, 0.1) is 19.7 Å². The molecule has 1 N–H and O–H groups in total. The molecule has 2 aromatic rings. The van der Waals surface area contributed by atoms with Gasteiger partial charge >= 0.3 is 0 Å². The molecule has 3 rings (SSSR count). The van der Waals surface area contributed by atoms with Gasteiger partial charge < -0.3 is 4.90 Å². The van der Waals surface area contributed by atoms with Crippen LogP contribution in [0.2, 0.25) is 0 Å². The smallest absolute Gasteiger partial charge is 0.128 e. The number of nitrogens with zero attached hydrogens (tertiary/aromatic N) is 3. The molecule has 0 radical (unpaired) electrons. The van der Waals surface area contributed by atoms with Crippen LogP contribution in [0.4, 0.5) is 10.1 Å². The Balaban J connectivity index is 1.62. The maximum absolute atomic E-state index is 13.9. The summed E-state index contributed by atoms with van der Waals surface area (Å²) in [6, 6.07) is 5.28. The SMILES string of the molecule is Cc1n[nH]c(C)c1N1CCN(Cc2ccc(Br)cc2F)CC1. The summed E-state index contributed by atoms with van der Waals surface area (Å²) in [5.74, 6) is -0.140. The van der Waals surface area contributed by atoms with Gasteiger partial charge in [-0.05, 0) is 26.0 Å². The summed E-state index contributed by atoms with van der Waals surface area (Å²) in [6.07, 6.45) is 0. The Bertz CT molecular complexity index is 643. The molecule has 1 aromatic heterocycles. The van der Waals surface area contributed by atoms with E-state index in [1.807, 2.05) is 19.1 Å². The monoisotopic (exact) mass is 366 g/mol. The number of aromatic nitrogens is 2. The number of rotatable bonds is 3. The lowest BCUT2D eigenvalue weighted by atomic mass is 10.1. The third-order valence-corrected chi connectivity index (χ3v) is 4.68. The standard InChI is InChI=1S/C16H20BrFN4/c1-11-16(12(2)20-19-11)22-7-5-21(6-8-22)10-13-3-4-14(17)9-15(13)18/h3-4,9H,5-8,10H2,1-2H3,(H,19,20). The summed E-state index contributed by atoms with van der Waals surface area (Å²) in [5, 5.41) is 7.30. The van der Waals surface area contributed by atoms with Gasteiger partial charge in [0.25, 0.3) is 0 Å². The summed E-state index contributed by atoms with van der Waals surface area (Å²) >= 11 is 3.30. The third kappa shape index (κ3) is 3.17. The van der Waals surface area contributed by atoms with Crippen LogP contribution >= 0.6 is 15.9 Å². The fourth-order valence-electron chi connectivity index (χ4n) is 3.03. The molecule has 0 amide bonds. The summed E-state index contributed by atoms with van der Waals surface area (Å²) in [4.78, 5) is 4.66. The third-order valence-electron chi connectivity index (χ3n) is 4.19. The van der Waals surface area contributed by atoms with Crippen LogP contribution in [0.15, 0.2) is 22.7 Å². The molecular formula is C16H20BrFN4. The molecule has 0 spiro atoms.